The van der Waals surface area contributed by atoms with Gasteiger partial charge in [-0.25, -0.2) is 4.39 Å². The molecule has 5 heteroatoms. The predicted molar refractivity (Wildman–Crippen MR) is 73.0 cm³/mol. The summed E-state index contributed by atoms with van der Waals surface area (Å²) in [6, 6.07) is 4.67. The van der Waals surface area contributed by atoms with Crippen molar-refractivity contribution in [2.24, 2.45) is 0 Å². The molecule has 1 aromatic carbocycles. The van der Waals surface area contributed by atoms with Crippen molar-refractivity contribution in [2.45, 2.75) is 12.5 Å². The summed E-state index contributed by atoms with van der Waals surface area (Å²) in [5, 5.41) is 13.3. The minimum absolute atomic E-state index is 0.342. The van der Waals surface area contributed by atoms with Crippen LogP contribution in [0.25, 0.3) is 0 Å². The Kier molecular flexibility index (Phi) is 5.12. The van der Waals surface area contributed by atoms with E-state index in [1.165, 1.54) is 6.07 Å². The smallest absolute Gasteiger partial charge is 0.129 e. The van der Waals surface area contributed by atoms with Crippen molar-refractivity contribution >= 4 is 15.9 Å². The highest BCUT2D eigenvalue weighted by molar-refractivity contribution is 9.10. The van der Waals surface area contributed by atoms with Gasteiger partial charge < -0.3 is 15.3 Å². The largest absolute Gasteiger partial charge is 0.388 e. The molecule has 0 saturated carbocycles. The van der Waals surface area contributed by atoms with E-state index in [9.17, 15) is 9.50 Å². The lowest BCUT2D eigenvalue weighted by Crippen LogP contribution is -2.44. The second-order valence-electron chi connectivity index (χ2n) is 4.56. The van der Waals surface area contributed by atoms with Crippen LogP contribution < -0.4 is 5.32 Å². The van der Waals surface area contributed by atoms with Crippen LogP contribution in [0.15, 0.2) is 22.7 Å². The van der Waals surface area contributed by atoms with Gasteiger partial charge in [0.1, 0.15) is 5.82 Å². The minimum Gasteiger partial charge on any atom is -0.388 e. The van der Waals surface area contributed by atoms with E-state index in [-0.39, 0.29) is 5.82 Å². The molecule has 2 rings (SSSR count). The normalized spacial score (nSPS) is 18.8. The van der Waals surface area contributed by atoms with Crippen molar-refractivity contribution in [3.05, 3.63) is 34.1 Å². The van der Waals surface area contributed by atoms with Crippen LogP contribution >= 0.6 is 15.9 Å². The molecule has 2 N–H and O–H groups in total. The highest BCUT2D eigenvalue weighted by atomic mass is 79.9. The van der Waals surface area contributed by atoms with Crippen LogP contribution in [0, 0.1) is 5.82 Å². The number of nitrogens with one attached hydrogen (secondary N) is 1. The van der Waals surface area contributed by atoms with Crippen molar-refractivity contribution in [2.75, 3.05) is 32.7 Å². The van der Waals surface area contributed by atoms with Gasteiger partial charge in [0.25, 0.3) is 0 Å². The summed E-state index contributed by atoms with van der Waals surface area (Å²) in [6.07, 6.45) is -0.176. The van der Waals surface area contributed by atoms with E-state index in [2.05, 4.69) is 26.1 Å². The van der Waals surface area contributed by atoms with Crippen molar-refractivity contribution in [3.8, 4) is 0 Å². The van der Waals surface area contributed by atoms with Crippen molar-refractivity contribution in [1.82, 2.24) is 10.2 Å². The Hall–Kier alpha value is -0.490. The van der Waals surface area contributed by atoms with E-state index >= 15 is 0 Å². The minimum atomic E-state index is -0.739. The summed E-state index contributed by atoms with van der Waals surface area (Å²) >= 11 is 3.30. The van der Waals surface area contributed by atoms with Gasteiger partial charge in [0.2, 0.25) is 0 Å². The van der Waals surface area contributed by atoms with E-state index in [0.717, 1.165) is 37.2 Å². The van der Waals surface area contributed by atoms with E-state index in [1.807, 2.05) is 0 Å². The summed E-state index contributed by atoms with van der Waals surface area (Å²) in [6.45, 7) is 4.76. The Bertz CT molecular complexity index is 397. The van der Waals surface area contributed by atoms with Gasteiger partial charge in [0, 0.05) is 42.8 Å². The topological polar surface area (TPSA) is 35.5 Å². The molecule has 0 aromatic heterocycles. The first kappa shape index (κ1) is 13.9. The van der Waals surface area contributed by atoms with Gasteiger partial charge in [-0.15, -0.1) is 0 Å². The van der Waals surface area contributed by atoms with Crippen LogP contribution in [-0.2, 0) is 0 Å². The van der Waals surface area contributed by atoms with Crippen LogP contribution in [0.2, 0.25) is 0 Å². The molecule has 0 radical (unpaired) electrons. The van der Waals surface area contributed by atoms with Crippen LogP contribution in [0.5, 0.6) is 0 Å². The van der Waals surface area contributed by atoms with Gasteiger partial charge in [-0.3, -0.25) is 0 Å². The number of piperazine rings is 1. The Balaban J connectivity index is 1.90. The fraction of sp³-hybridized carbons (Fsp3) is 0.538. The lowest BCUT2D eigenvalue weighted by molar-refractivity contribution is 0.133. The number of nitrogens with zero attached hydrogens (tertiary/aromatic N) is 1. The molecule has 1 aromatic rings. The molecule has 18 heavy (non-hydrogen) atoms. The Morgan fingerprint density at radius 3 is 2.83 bits per heavy atom. The molecule has 1 saturated heterocycles. The molecular formula is C13H18BrFN2O. The second-order valence-corrected chi connectivity index (χ2v) is 5.48. The van der Waals surface area contributed by atoms with Crippen molar-refractivity contribution < 1.29 is 9.50 Å². The molecule has 1 unspecified atom stereocenters. The maximum Gasteiger partial charge on any atom is 0.129 e. The summed E-state index contributed by atoms with van der Waals surface area (Å²) in [5.74, 6) is -0.342. The Labute approximate surface area is 115 Å². The Morgan fingerprint density at radius 2 is 2.11 bits per heavy atom. The molecule has 1 fully saturated rings. The number of aliphatic hydroxyl groups is 1. The van der Waals surface area contributed by atoms with Crippen LogP contribution in [0.3, 0.4) is 0 Å². The van der Waals surface area contributed by atoms with Gasteiger partial charge >= 0.3 is 0 Å². The van der Waals surface area contributed by atoms with E-state index in [0.29, 0.717) is 12.0 Å². The zero-order valence-corrected chi connectivity index (χ0v) is 11.8. The van der Waals surface area contributed by atoms with Crippen LogP contribution in [0.4, 0.5) is 4.39 Å². The van der Waals surface area contributed by atoms with Crippen molar-refractivity contribution in [1.29, 1.82) is 0 Å². The third kappa shape index (κ3) is 3.75. The molecule has 0 bridgehead atoms. The average molecular weight is 317 g/mol. The number of rotatable bonds is 4. The second kappa shape index (κ2) is 6.61. The maximum absolute atomic E-state index is 13.6. The summed E-state index contributed by atoms with van der Waals surface area (Å²) in [4.78, 5) is 2.29. The van der Waals surface area contributed by atoms with Crippen molar-refractivity contribution in [3.63, 3.8) is 0 Å². The monoisotopic (exact) mass is 316 g/mol. The van der Waals surface area contributed by atoms with Gasteiger partial charge in [0.15, 0.2) is 0 Å². The van der Waals surface area contributed by atoms with Gasteiger partial charge in [0.05, 0.1) is 6.10 Å². The fourth-order valence-electron chi connectivity index (χ4n) is 2.17. The van der Waals surface area contributed by atoms with E-state index < -0.39 is 6.10 Å². The van der Waals surface area contributed by atoms with Crippen LogP contribution in [0.1, 0.15) is 18.1 Å². The lowest BCUT2D eigenvalue weighted by atomic mass is 10.1. The maximum atomic E-state index is 13.6. The SMILES string of the molecule is OC(CCN1CCNCC1)c1cc(Br)ccc1F. The van der Waals surface area contributed by atoms with E-state index in [4.69, 9.17) is 0 Å². The average Bonchev–Trinajstić information content (AvgIpc) is 2.40. The third-order valence-electron chi connectivity index (χ3n) is 3.25. The number of aliphatic hydroxyl groups excluding tert-OH is 1. The number of hydrogen-bond acceptors (Lipinski definition) is 3. The van der Waals surface area contributed by atoms with Gasteiger partial charge in [-0.2, -0.15) is 0 Å². The fourth-order valence-corrected chi connectivity index (χ4v) is 2.54. The summed E-state index contributed by atoms with van der Waals surface area (Å²) in [7, 11) is 0. The summed E-state index contributed by atoms with van der Waals surface area (Å²) < 4.78 is 14.4. The van der Waals surface area contributed by atoms with E-state index in [1.54, 1.807) is 12.1 Å². The van der Waals surface area contributed by atoms with Gasteiger partial charge in [-0.1, -0.05) is 15.9 Å². The molecule has 100 valence electrons. The molecule has 0 amide bonds. The molecule has 1 atom stereocenters. The molecule has 0 spiro atoms. The predicted octanol–water partition coefficient (Wildman–Crippen LogP) is 1.92. The highest BCUT2D eigenvalue weighted by Gasteiger charge is 2.16. The quantitative estimate of drug-likeness (QED) is 0.891. The van der Waals surface area contributed by atoms with Crippen LogP contribution in [-0.4, -0.2) is 42.7 Å². The first-order chi connectivity index (χ1) is 8.66. The van der Waals surface area contributed by atoms with Gasteiger partial charge in [-0.05, 0) is 24.6 Å². The molecule has 0 aliphatic carbocycles. The zero-order valence-electron chi connectivity index (χ0n) is 10.2. The number of hydrogen-bond donors (Lipinski definition) is 2. The standard InChI is InChI=1S/C13H18BrFN2O/c14-10-1-2-12(15)11(9-10)13(18)3-6-17-7-4-16-5-8-17/h1-2,9,13,16,18H,3-8H2. The third-order valence-corrected chi connectivity index (χ3v) is 3.74. The molecule has 1 aliphatic rings. The Morgan fingerprint density at radius 1 is 1.39 bits per heavy atom. The number of halogens is 2. The first-order valence-electron chi connectivity index (χ1n) is 6.23. The number of benzene rings is 1. The first-order valence-corrected chi connectivity index (χ1v) is 7.02. The highest BCUT2D eigenvalue weighted by Crippen LogP contribution is 2.24. The molecule has 1 aliphatic heterocycles. The zero-order chi connectivity index (χ0) is 13.0. The lowest BCUT2D eigenvalue weighted by Gasteiger charge is -2.28. The molecule has 3 nitrogen and oxygen atoms in total. The molecular weight excluding hydrogens is 299 g/mol. The summed E-state index contributed by atoms with van der Waals surface area (Å²) in [5.41, 5.74) is 0.375. The molecule has 1 heterocycles.